The number of carbonyl (C=O) groups is 1. The van der Waals surface area contributed by atoms with Gasteiger partial charge >= 0.3 is 5.97 Å². The molecule has 8 heteroatoms. The molecule has 0 aliphatic carbocycles. The number of esters is 1. The lowest BCUT2D eigenvalue weighted by Crippen LogP contribution is -2.43. The molecule has 0 aliphatic heterocycles. The highest BCUT2D eigenvalue weighted by atomic mass is 32.2. The van der Waals surface area contributed by atoms with Crippen LogP contribution in [0.2, 0.25) is 0 Å². The number of hydrogen-bond donors (Lipinski definition) is 1. The third-order valence-corrected chi connectivity index (χ3v) is 4.54. The summed E-state index contributed by atoms with van der Waals surface area (Å²) in [5, 5.41) is 0. The minimum absolute atomic E-state index is 0.127. The van der Waals surface area contributed by atoms with E-state index in [-0.39, 0.29) is 12.2 Å². The molecular formula is C15H19N3O4S. The fourth-order valence-corrected chi connectivity index (χ4v) is 3.48. The largest absolute Gasteiger partial charge is 0.468 e. The van der Waals surface area contributed by atoms with E-state index in [9.17, 15) is 13.2 Å². The van der Waals surface area contributed by atoms with Crippen molar-refractivity contribution >= 4 is 16.0 Å². The van der Waals surface area contributed by atoms with Crippen LogP contribution in [0, 0.1) is 0 Å². The van der Waals surface area contributed by atoms with Crippen molar-refractivity contribution in [2.45, 2.75) is 18.2 Å². The van der Waals surface area contributed by atoms with Crippen molar-refractivity contribution in [1.29, 1.82) is 0 Å². The number of ether oxygens (including phenoxy) is 1. The number of aromatic nitrogens is 2. The first-order valence-corrected chi connectivity index (χ1v) is 8.63. The number of carbonyl (C=O) groups excluding carboxylic acids is 1. The number of benzene rings is 1. The maximum Gasteiger partial charge on any atom is 0.324 e. The van der Waals surface area contributed by atoms with Crippen LogP contribution in [0.25, 0.3) is 0 Å². The van der Waals surface area contributed by atoms with Crippen molar-refractivity contribution in [3.63, 3.8) is 0 Å². The van der Waals surface area contributed by atoms with Crippen LogP contribution in [0.3, 0.4) is 0 Å². The summed E-state index contributed by atoms with van der Waals surface area (Å²) in [7, 11) is -0.671. The Hall–Kier alpha value is -2.19. The van der Waals surface area contributed by atoms with Crippen molar-refractivity contribution in [2.24, 2.45) is 7.05 Å². The Morgan fingerprint density at radius 1 is 1.35 bits per heavy atom. The summed E-state index contributed by atoms with van der Waals surface area (Å²) >= 11 is 0. The first-order chi connectivity index (χ1) is 10.9. The Labute approximate surface area is 135 Å². The number of rotatable bonds is 7. The number of nitrogens with zero attached hydrogens (tertiary/aromatic N) is 2. The lowest BCUT2D eigenvalue weighted by atomic mass is 10.2. The van der Waals surface area contributed by atoms with E-state index in [4.69, 9.17) is 0 Å². The molecule has 1 heterocycles. The van der Waals surface area contributed by atoms with Gasteiger partial charge in [0.1, 0.15) is 6.04 Å². The molecule has 0 saturated carbocycles. The molecule has 124 valence electrons. The second-order valence-corrected chi connectivity index (χ2v) is 6.93. The van der Waals surface area contributed by atoms with Crippen LogP contribution in [0.1, 0.15) is 11.3 Å². The minimum atomic E-state index is -3.69. The molecule has 1 aromatic carbocycles. The normalized spacial score (nSPS) is 12.8. The van der Waals surface area contributed by atoms with E-state index < -0.39 is 22.0 Å². The van der Waals surface area contributed by atoms with Gasteiger partial charge in [0.15, 0.2) is 0 Å². The second-order valence-electron chi connectivity index (χ2n) is 5.17. The molecular weight excluding hydrogens is 318 g/mol. The smallest absolute Gasteiger partial charge is 0.324 e. The summed E-state index contributed by atoms with van der Waals surface area (Å²) in [6.45, 7) is 0. The molecule has 2 rings (SSSR count). The number of sulfonamides is 1. The molecule has 0 bridgehead atoms. The molecule has 2 aromatic rings. The summed E-state index contributed by atoms with van der Waals surface area (Å²) < 4.78 is 33.4. The number of hydrogen-bond acceptors (Lipinski definition) is 5. The Morgan fingerprint density at radius 2 is 2.04 bits per heavy atom. The Morgan fingerprint density at radius 3 is 2.61 bits per heavy atom. The standard InChI is InChI=1S/C15H19N3O4S/c1-18-9-13(16-11-18)8-14(15(19)22-2)17-23(20,21)10-12-6-4-3-5-7-12/h3-7,9,11,14,17H,8,10H2,1-2H3/t14-/m0/s1. The molecule has 0 spiro atoms. The van der Waals surface area contributed by atoms with Crippen molar-refractivity contribution in [3.05, 3.63) is 54.1 Å². The maximum atomic E-state index is 12.3. The van der Waals surface area contributed by atoms with Crippen LogP contribution < -0.4 is 4.72 Å². The summed E-state index contributed by atoms with van der Waals surface area (Å²) in [5.41, 5.74) is 1.24. The highest BCUT2D eigenvalue weighted by molar-refractivity contribution is 7.88. The number of nitrogens with one attached hydrogen (secondary N) is 1. The molecule has 0 aliphatic rings. The molecule has 1 N–H and O–H groups in total. The van der Waals surface area contributed by atoms with E-state index in [0.29, 0.717) is 11.3 Å². The van der Waals surface area contributed by atoms with E-state index in [1.165, 1.54) is 7.11 Å². The van der Waals surface area contributed by atoms with Crippen LogP contribution in [0.5, 0.6) is 0 Å². The van der Waals surface area contributed by atoms with E-state index in [1.54, 1.807) is 48.4 Å². The third-order valence-electron chi connectivity index (χ3n) is 3.18. The van der Waals surface area contributed by atoms with E-state index in [0.717, 1.165) is 0 Å². The van der Waals surface area contributed by atoms with Gasteiger partial charge in [-0.15, -0.1) is 0 Å². The predicted molar refractivity (Wildman–Crippen MR) is 84.9 cm³/mol. The van der Waals surface area contributed by atoms with Crippen LogP contribution in [0.4, 0.5) is 0 Å². The number of methoxy groups -OCH3 is 1. The first kappa shape index (κ1) is 17.2. The molecule has 1 atom stereocenters. The van der Waals surface area contributed by atoms with Crippen LogP contribution in [0.15, 0.2) is 42.9 Å². The summed E-state index contributed by atoms with van der Waals surface area (Å²) in [6, 6.07) is 7.74. The Kier molecular flexibility index (Phi) is 5.51. The highest BCUT2D eigenvalue weighted by Gasteiger charge is 2.26. The summed E-state index contributed by atoms with van der Waals surface area (Å²) in [4.78, 5) is 16.0. The summed E-state index contributed by atoms with van der Waals surface area (Å²) in [6.07, 6.45) is 3.44. The number of imidazole rings is 1. The molecule has 7 nitrogen and oxygen atoms in total. The van der Waals surface area contributed by atoms with Gasteiger partial charge < -0.3 is 9.30 Å². The van der Waals surface area contributed by atoms with Gasteiger partial charge in [0.2, 0.25) is 10.0 Å². The van der Waals surface area contributed by atoms with Crippen LogP contribution in [-0.4, -0.2) is 37.1 Å². The third kappa shape index (κ3) is 5.19. The van der Waals surface area contributed by atoms with Gasteiger partial charge in [-0.1, -0.05) is 30.3 Å². The van der Waals surface area contributed by atoms with Gasteiger partial charge in [0.05, 0.1) is 24.9 Å². The predicted octanol–water partition coefficient (Wildman–Crippen LogP) is 0.624. The molecule has 0 unspecified atom stereocenters. The van der Waals surface area contributed by atoms with E-state index in [1.807, 2.05) is 6.07 Å². The van der Waals surface area contributed by atoms with Crippen molar-refractivity contribution in [1.82, 2.24) is 14.3 Å². The molecule has 0 amide bonds. The molecule has 1 aromatic heterocycles. The Balaban J connectivity index is 2.11. The molecule has 0 fully saturated rings. The van der Waals surface area contributed by atoms with Gasteiger partial charge in [0.25, 0.3) is 0 Å². The average molecular weight is 337 g/mol. The average Bonchev–Trinajstić information content (AvgIpc) is 2.91. The van der Waals surface area contributed by atoms with Crippen LogP contribution >= 0.6 is 0 Å². The number of aryl methyl sites for hydroxylation is 1. The Bertz CT molecular complexity index is 756. The lowest BCUT2D eigenvalue weighted by Gasteiger charge is -2.15. The molecule has 0 saturated heterocycles. The lowest BCUT2D eigenvalue weighted by molar-refractivity contribution is -0.142. The molecule has 23 heavy (non-hydrogen) atoms. The zero-order valence-electron chi connectivity index (χ0n) is 13.0. The van der Waals surface area contributed by atoms with E-state index in [2.05, 4.69) is 14.4 Å². The van der Waals surface area contributed by atoms with Gasteiger partial charge in [-0.25, -0.2) is 18.1 Å². The van der Waals surface area contributed by atoms with Gasteiger partial charge in [0, 0.05) is 19.7 Å². The minimum Gasteiger partial charge on any atom is -0.468 e. The highest BCUT2D eigenvalue weighted by Crippen LogP contribution is 2.08. The second kappa shape index (κ2) is 7.38. The van der Waals surface area contributed by atoms with Crippen LogP contribution in [-0.2, 0) is 38.8 Å². The quantitative estimate of drug-likeness (QED) is 0.748. The van der Waals surface area contributed by atoms with Crippen molar-refractivity contribution < 1.29 is 17.9 Å². The monoisotopic (exact) mass is 337 g/mol. The molecule has 0 radical (unpaired) electrons. The fraction of sp³-hybridized carbons (Fsp3) is 0.333. The SMILES string of the molecule is COC(=O)[C@H](Cc1cn(C)cn1)NS(=O)(=O)Cc1ccccc1. The zero-order chi connectivity index (χ0) is 16.9. The van der Waals surface area contributed by atoms with Gasteiger partial charge in [-0.2, -0.15) is 0 Å². The van der Waals surface area contributed by atoms with Gasteiger partial charge in [-0.3, -0.25) is 4.79 Å². The van der Waals surface area contributed by atoms with Crippen molar-refractivity contribution in [2.75, 3.05) is 7.11 Å². The topological polar surface area (TPSA) is 90.3 Å². The summed E-state index contributed by atoms with van der Waals surface area (Å²) in [5.74, 6) is -0.851. The maximum absolute atomic E-state index is 12.3. The zero-order valence-corrected chi connectivity index (χ0v) is 13.8. The van der Waals surface area contributed by atoms with Gasteiger partial charge in [-0.05, 0) is 5.56 Å². The van der Waals surface area contributed by atoms with E-state index >= 15 is 0 Å². The first-order valence-electron chi connectivity index (χ1n) is 6.98. The van der Waals surface area contributed by atoms with Crippen molar-refractivity contribution in [3.8, 4) is 0 Å². The fourth-order valence-electron chi connectivity index (χ4n) is 2.15.